The predicted molar refractivity (Wildman–Crippen MR) is 78.6 cm³/mol. The Morgan fingerprint density at radius 2 is 2.33 bits per heavy atom. The van der Waals surface area contributed by atoms with Crippen molar-refractivity contribution in [2.45, 2.75) is 13.3 Å². The SMILES string of the molecule is CCc1ccc(C(=O)Nc2cnc(Cl)c(Br)c2)s1. The van der Waals surface area contributed by atoms with Crippen LogP contribution in [0.3, 0.4) is 0 Å². The number of carbonyl (C=O) groups is 1. The van der Waals surface area contributed by atoms with E-state index >= 15 is 0 Å². The van der Waals surface area contributed by atoms with Crippen LogP contribution >= 0.6 is 38.9 Å². The van der Waals surface area contributed by atoms with E-state index in [4.69, 9.17) is 11.6 Å². The molecule has 0 radical (unpaired) electrons. The second-order valence-electron chi connectivity index (χ2n) is 3.57. The van der Waals surface area contributed by atoms with Gasteiger partial charge in [0.25, 0.3) is 5.91 Å². The number of halogens is 2. The van der Waals surface area contributed by atoms with Gasteiger partial charge in [0.2, 0.25) is 0 Å². The van der Waals surface area contributed by atoms with Crippen molar-refractivity contribution in [3.05, 3.63) is 43.8 Å². The van der Waals surface area contributed by atoms with Gasteiger partial charge in [0.1, 0.15) is 5.15 Å². The summed E-state index contributed by atoms with van der Waals surface area (Å²) in [6.07, 6.45) is 2.46. The summed E-state index contributed by atoms with van der Waals surface area (Å²) in [7, 11) is 0. The minimum absolute atomic E-state index is 0.129. The van der Waals surface area contributed by atoms with Gasteiger partial charge in [-0.3, -0.25) is 4.79 Å². The molecule has 2 aromatic heterocycles. The van der Waals surface area contributed by atoms with Crippen molar-refractivity contribution in [2.75, 3.05) is 5.32 Å². The summed E-state index contributed by atoms with van der Waals surface area (Å²) in [4.78, 5) is 17.8. The van der Waals surface area contributed by atoms with Crippen LogP contribution in [0.4, 0.5) is 5.69 Å². The predicted octanol–water partition coefficient (Wildman–Crippen LogP) is 4.37. The lowest BCUT2D eigenvalue weighted by atomic mass is 10.3. The zero-order valence-electron chi connectivity index (χ0n) is 9.54. The second-order valence-corrected chi connectivity index (χ2v) is 5.95. The van der Waals surface area contributed by atoms with E-state index in [1.165, 1.54) is 22.4 Å². The lowest BCUT2D eigenvalue weighted by Crippen LogP contribution is -2.10. The normalized spacial score (nSPS) is 10.4. The van der Waals surface area contributed by atoms with Gasteiger partial charge in [-0.25, -0.2) is 4.98 Å². The molecule has 2 aromatic rings. The van der Waals surface area contributed by atoms with E-state index in [1.54, 1.807) is 6.07 Å². The van der Waals surface area contributed by atoms with E-state index in [0.717, 1.165) is 6.42 Å². The maximum atomic E-state index is 12.0. The molecule has 0 unspecified atom stereocenters. The lowest BCUT2D eigenvalue weighted by Gasteiger charge is -2.04. The van der Waals surface area contributed by atoms with E-state index in [2.05, 4.69) is 33.2 Å². The molecule has 0 saturated carbocycles. The van der Waals surface area contributed by atoms with Gasteiger partial charge in [0.15, 0.2) is 0 Å². The number of amides is 1. The number of hydrogen-bond acceptors (Lipinski definition) is 3. The summed E-state index contributed by atoms with van der Waals surface area (Å²) in [5.74, 6) is -0.129. The Bertz CT molecular complexity index is 585. The molecule has 0 saturated heterocycles. The fourth-order valence-electron chi connectivity index (χ4n) is 1.37. The van der Waals surface area contributed by atoms with Gasteiger partial charge in [-0.15, -0.1) is 11.3 Å². The Morgan fingerprint density at radius 1 is 1.56 bits per heavy atom. The summed E-state index contributed by atoms with van der Waals surface area (Å²) in [5.41, 5.74) is 0.614. The molecule has 2 heterocycles. The molecule has 3 nitrogen and oxygen atoms in total. The molecular weight excluding hydrogens is 336 g/mol. The molecule has 1 amide bonds. The molecule has 6 heteroatoms. The number of thiophene rings is 1. The average Bonchev–Trinajstić information content (AvgIpc) is 2.82. The quantitative estimate of drug-likeness (QED) is 0.839. The molecule has 0 spiro atoms. The van der Waals surface area contributed by atoms with Gasteiger partial charge in [-0.05, 0) is 40.5 Å². The third-order valence-corrected chi connectivity index (χ3v) is 4.65. The standard InChI is InChI=1S/C12H10BrClN2OS/c1-2-8-3-4-10(18-8)12(17)16-7-5-9(13)11(14)15-6-7/h3-6H,2H2,1H3,(H,16,17). The Kier molecular flexibility index (Phi) is 4.37. The minimum Gasteiger partial charge on any atom is -0.320 e. The number of pyridine rings is 1. The molecule has 0 atom stereocenters. The number of carbonyl (C=O) groups excluding carboxylic acids is 1. The number of rotatable bonds is 3. The molecule has 94 valence electrons. The minimum atomic E-state index is -0.129. The first-order valence-corrected chi connectivity index (χ1v) is 7.30. The Morgan fingerprint density at radius 3 is 2.94 bits per heavy atom. The number of nitrogens with zero attached hydrogens (tertiary/aromatic N) is 1. The monoisotopic (exact) mass is 344 g/mol. The molecule has 2 rings (SSSR count). The molecular formula is C12H10BrClN2OS. The van der Waals surface area contributed by atoms with E-state index < -0.39 is 0 Å². The number of nitrogens with one attached hydrogen (secondary N) is 1. The van der Waals surface area contributed by atoms with Crippen LogP contribution in [-0.4, -0.2) is 10.9 Å². The van der Waals surface area contributed by atoms with Crippen molar-refractivity contribution in [1.29, 1.82) is 0 Å². The Balaban J connectivity index is 2.13. The van der Waals surface area contributed by atoms with Crippen LogP contribution in [0.5, 0.6) is 0 Å². The van der Waals surface area contributed by atoms with Crippen molar-refractivity contribution in [3.63, 3.8) is 0 Å². The van der Waals surface area contributed by atoms with E-state index in [0.29, 0.717) is 20.2 Å². The number of anilines is 1. The highest BCUT2D eigenvalue weighted by molar-refractivity contribution is 9.10. The Labute approximate surface area is 122 Å². The zero-order valence-corrected chi connectivity index (χ0v) is 12.7. The Hall–Kier alpha value is -0.910. The van der Waals surface area contributed by atoms with Crippen LogP contribution in [0.2, 0.25) is 5.15 Å². The molecule has 0 bridgehead atoms. The summed E-state index contributed by atoms with van der Waals surface area (Å²) < 4.78 is 0.655. The first-order chi connectivity index (χ1) is 8.60. The van der Waals surface area contributed by atoms with Crippen molar-refractivity contribution in [1.82, 2.24) is 4.98 Å². The number of aryl methyl sites for hydroxylation is 1. The van der Waals surface area contributed by atoms with Gasteiger partial charge in [0, 0.05) is 4.88 Å². The maximum absolute atomic E-state index is 12.0. The van der Waals surface area contributed by atoms with Gasteiger partial charge >= 0.3 is 0 Å². The summed E-state index contributed by atoms with van der Waals surface area (Å²) >= 11 is 10.5. The van der Waals surface area contributed by atoms with Crippen LogP contribution < -0.4 is 5.32 Å². The third kappa shape index (κ3) is 3.10. The van der Waals surface area contributed by atoms with Crippen molar-refractivity contribution >= 4 is 50.5 Å². The third-order valence-electron chi connectivity index (χ3n) is 2.29. The lowest BCUT2D eigenvalue weighted by molar-refractivity contribution is 0.103. The molecule has 0 aromatic carbocycles. The van der Waals surface area contributed by atoms with E-state index in [9.17, 15) is 4.79 Å². The van der Waals surface area contributed by atoms with E-state index in [-0.39, 0.29) is 5.91 Å². The van der Waals surface area contributed by atoms with Crippen molar-refractivity contribution in [3.8, 4) is 0 Å². The number of hydrogen-bond donors (Lipinski definition) is 1. The smallest absolute Gasteiger partial charge is 0.265 e. The molecule has 0 aliphatic rings. The highest BCUT2D eigenvalue weighted by Crippen LogP contribution is 2.24. The molecule has 0 fully saturated rings. The first-order valence-electron chi connectivity index (χ1n) is 5.31. The highest BCUT2D eigenvalue weighted by atomic mass is 79.9. The van der Waals surface area contributed by atoms with Crippen LogP contribution in [0.15, 0.2) is 28.9 Å². The van der Waals surface area contributed by atoms with Gasteiger partial charge in [0.05, 0.1) is 21.2 Å². The molecule has 18 heavy (non-hydrogen) atoms. The number of aromatic nitrogens is 1. The van der Waals surface area contributed by atoms with Crippen LogP contribution in [0.25, 0.3) is 0 Å². The van der Waals surface area contributed by atoms with Crippen LogP contribution in [-0.2, 0) is 6.42 Å². The fraction of sp³-hybridized carbons (Fsp3) is 0.167. The van der Waals surface area contributed by atoms with Crippen LogP contribution in [0, 0.1) is 0 Å². The van der Waals surface area contributed by atoms with Gasteiger partial charge in [-0.2, -0.15) is 0 Å². The van der Waals surface area contributed by atoms with Crippen molar-refractivity contribution < 1.29 is 4.79 Å². The van der Waals surface area contributed by atoms with Gasteiger partial charge in [-0.1, -0.05) is 18.5 Å². The molecule has 0 aliphatic heterocycles. The van der Waals surface area contributed by atoms with Crippen LogP contribution in [0.1, 0.15) is 21.5 Å². The van der Waals surface area contributed by atoms with Crippen molar-refractivity contribution in [2.24, 2.45) is 0 Å². The maximum Gasteiger partial charge on any atom is 0.265 e. The van der Waals surface area contributed by atoms with Gasteiger partial charge < -0.3 is 5.32 Å². The topological polar surface area (TPSA) is 42.0 Å². The largest absolute Gasteiger partial charge is 0.320 e. The summed E-state index contributed by atoms with van der Waals surface area (Å²) in [5, 5.41) is 3.16. The first kappa shape index (κ1) is 13.5. The molecule has 1 N–H and O–H groups in total. The summed E-state index contributed by atoms with van der Waals surface area (Å²) in [6, 6.07) is 5.52. The van der Waals surface area contributed by atoms with E-state index in [1.807, 2.05) is 12.1 Å². The fourth-order valence-corrected chi connectivity index (χ4v) is 2.67. The average molecular weight is 346 g/mol. The summed E-state index contributed by atoms with van der Waals surface area (Å²) in [6.45, 7) is 2.06. The molecule has 0 aliphatic carbocycles. The zero-order chi connectivity index (χ0) is 13.1. The highest BCUT2D eigenvalue weighted by Gasteiger charge is 2.10. The second kappa shape index (κ2) is 5.82.